The quantitative estimate of drug-likeness (QED) is 0.252. The number of nitrogens with zero attached hydrogens (tertiary/aromatic N) is 4. The van der Waals surface area contributed by atoms with Crippen LogP contribution >= 0.6 is 11.3 Å². The molecule has 0 N–H and O–H groups in total. The number of carbonyl (C=O) groups excluding carboxylic acids is 1. The van der Waals surface area contributed by atoms with Gasteiger partial charge >= 0.3 is 0 Å². The Hall–Kier alpha value is -4.08. The zero-order valence-electron chi connectivity index (χ0n) is 21.3. The highest BCUT2D eigenvalue weighted by Crippen LogP contribution is 2.34. The first kappa shape index (κ1) is 25.2. The Bertz CT molecular complexity index is 1770. The van der Waals surface area contributed by atoms with E-state index in [0.717, 1.165) is 27.9 Å². The number of amides is 1. The highest BCUT2D eigenvalue weighted by atomic mass is 32.2. The Kier molecular flexibility index (Phi) is 6.62. The molecule has 2 aromatic heterocycles. The van der Waals surface area contributed by atoms with Crippen LogP contribution in [0.3, 0.4) is 0 Å². The van der Waals surface area contributed by atoms with Crippen molar-refractivity contribution in [3.63, 3.8) is 0 Å². The molecule has 1 aliphatic heterocycles. The number of thiazole rings is 1. The number of aryl methyl sites for hydroxylation is 1. The van der Waals surface area contributed by atoms with E-state index in [4.69, 9.17) is 4.98 Å². The van der Waals surface area contributed by atoms with Crippen molar-refractivity contribution in [2.75, 3.05) is 15.7 Å². The first-order chi connectivity index (χ1) is 18.9. The monoisotopic (exact) mass is 554 g/mol. The van der Waals surface area contributed by atoms with Crippen molar-refractivity contribution in [1.82, 2.24) is 9.97 Å². The number of anilines is 2. The minimum absolute atomic E-state index is 0.152. The maximum atomic E-state index is 13.8. The molecule has 0 fully saturated rings. The molecule has 1 amide bonds. The van der Waals surface area contributed by atoms with E-state index in [1.165, 1.54) is 33.3 Å². The molecule has 196 valence electrons. The summed E-state index contributed by atoms with van der Waals surface area (Å²) in [6.45, 7) is 2.74. The van der Waals surface area contributed by atoms with Gasteiger partial charge in [-0.15, -0.1) is 0 Å². The van der Waals surface area contributed by atoms with E-state index in [-0.39, 0.29) is 17.3 Å². The predicted molar refractivity (Wildman–Crippen MR) is 155 cm³/mol. The molecule has 0 unspecified atom stereocenters. The van der Waals surface area contributed by atoms with Crippen LogP contribution in [0.15, 0.2) is 96.0 Å². The molecule has 0 bridgehead atoms. The van der Waals surface area contributed by atoms with Crippen molar-refractivity contribution >= 4 is 48.3 Å². The molecule has 0 aliphatic carbocycles. The predicted octanol–water partition coefficient (Wildman–Crippen LogP) is 5.85. The molecule has 5 aromatic rings. The third-order valence-corrected chi connectivity index (χ3v) is 9.77. The van der Waals surface area contributed by atoms with Gasteiger partial charge in [-0.2, -0.15) is 0 Å². The topological polar surface area (TPSA) is 83.5 Å². The molecular formula is C30H26N4O3S2. The van der Waals surface area contributed by atoms with Crippen LogP contribution in [0.25, 0.3) is 10.2 Å². The lowest BCUT2D eigenvalue weighted by Gasteiger charge is -2.21. The lowest BCUT2D eigenvalue weighted by atomic mass is 10.2. The minimum atomic E-state index is -3.75. The average Bonchev–Trinajstić information content (AvgIpc) is 3.60. The summed E-state index contributed by atoms with van der Waals surface area (Å²) < 4.78 is 29.3. The maximum absolute atomic E-state index is 13.8. The van der Waals surface area contributed by atoms with E-state index in [1.54, 1.807) is 23.2 Å². The molecule has 7 nitrogen and oxygen atoms in total. The number of pyridine rings is 1. The van der Waals surface area contributed by atoms with Gasteiger partial charge in [-0.1, -0.05) is 48.6 Å². The number of para-hydroxylation sites is 1. The maximum Gasteiger partial charge on any atom is 0.264 e. The lowest BCUT2D eigenvalue weighted by Crippen LogP contribution is -2.31. The summed E-state index contributed by atoms with van der Waals surface area (Å²) in [4.78, 5) is 24.8. The van der Waals surface area contributed by atoms with Gasteiger partial charge in [-0.25, -0.2) is 13.4 Å². The molecule has 0 saturated carbocycles. The van der Waals surface area contributed by atoms with Crippen molar-refractivity contribution in [3.05, 3.63) is 114 Å². The van der Waals surface area contributed by atoms with E-state index in [1.807, 2.05) is 48.5 Å². The van der Waals surface area contributed by atoms with Crippen LogP contribution < -0.4 is 9.21 Å². The van der Waals surface area contributed by atoms with Crippen LogP contribution in [0, 0.1) is 0 Å². The molecule has 0 saturated heterocycles. The van der Waals surface area contributed by atoms with E-state index < -0.39 is 10.0 Å². The number of hydrogen-bond acceptors (Lipinski definition) is 6. The molecular weight excluding hydrogens is 528 g/mol. The molecule has 9 heteroatoms. The standard InChI is InChI=1S/C30H26N4O3S2/c1-2-21-10-15-26-28(19-21)38-30(32-26)33(20-24-8-5-6-17-31-24)29(35)23-11-13-25(14-12-23)39(36,37)34-18-16-22-7-3-4-9-27(22)34/h3-15,17,19H,2,16,18,20H2,1H3. The van der Waals surface area contributed by atoms with Gasteiger partial charge < -0.3 is 0 Å². The average molecular weight is 555 g/mol. The van der Waals surface area contributed by atoms with Crippen molar-refractivity contribution in [2.45, 2.75) is 31.2 Å². The fourth-order valence-corrected chi connectivity index (χ4v) is 7.31. The number of carbonyl (C=O) groups is 1. The number of rotatable bonds is 7. The largest absolute Gasteiger partial charge is 0.278 e. The number of sulfonamides is 1. The Morgan fingerprint density at radius 2 is 1.79 bits per heavy atom. The molecule has 0 radical (unpaired) electrons. The molecule has 1 aliphatic rings. The lowest BCUT2D eigenvalue weighted by molar-refractivity contribution is 0.0984. The second-order valence-corrected chi connectivity index (χ2v) is 12.2. The molecule has 39 heavy (non-hydrogen) atoms. The Balaban J connectivity index is 1.32. The van der Waals surface area contributed by atoms with Gasteiger partial charge in [0.25, 0.3) is 15.9 Å². The van der Waals surface area contributed by atoms with Crippen LogP contribution in [0.1, 0.15) is 34.1 Å². The SMILES string of the molecule is CCc1ccc2nc(N(Cc3ccccn3)C(=O)c3ccc(S(=O)(=O)N4CCc5ccccc54)cc3)sc2c1. The van der Waals surface area contributed by atoms with Crippen molar-refractivity contribution in [1.29, 1.82) is 0 Å². The minimum Gasteiger partial charge on any atom is -0.278 e. The normalized spacial score (nSPS) is 13.0. The van der Waals surface area contributed by atoms with Crippen molar-refractivity contribution in [2.24, 2.45) is 0 Å². The van der Waals surface area contributed by atoms with Crippen LogP contribution in [0.5, 0.6) is 0 Å². The van der Waals surface area contributed by atoms with Crippen LogP contribution in [0.4, 0.5) is 10.8 Å². The smallest absolute Gasteiger partial charge is 0.264 e. The molecule has 3 heterocycles. The highest BCUT2D eigenvalue weighted by molar-refractivity contribution is 7.92. The molecule has 0 spiro atoms. The number of aromatic nitrogens is 2. The van der Waals surface area contributed by atoms with E-state index in [2.05, 4.69) is 24.0 Å². The van der Waals surface area contributed by atoms with Gasteiger partial charge in [0, 0.05) is 18.3 Å². The Labute approximate surface area is 231 Å². The van der Waals surface area contributed by atoms with Gasteiger partial charge in [-0.3, -0.25) is 19.0 Å². The van der Waals surface area contributed by atoms with E-state index in [9.17, 15) is 13.2 Å². The molecule has 6 rings (SSSR count). The van der Waals surface area contributed by atoms with E-state index in [0.29, 0.717) is 29.3 Å². The molecule has 0 atom stereocenters. The fraction of sp³-hybridized carbons (Fsp3) is 0.167. The van der Waals surface area contributed by atoms with Crippen molar-refractivity contribution in [3.8, 4) is 0 Å². The summed E-state index contributed by atoms with van der Waals surface area (Å²) >= 11 is 1.46. The summed E-state index contributed by atoms with van der Waals surface area (Å²) in [6.07, 6.45) is 3.29. The summed E-state index contributed by atoms with van der Waals surface area (Å²) in [5, 5.41) is 0.569. The van der Waals surface area contributed by atoms with Crippen LogP contribution in [-0.2, 0) is 29.4 Å². The third kappa shape index (κ3) is 4.79. The zero-order chi connectivity index (χ0) is 27.0. The summed E-state index contributed by atoms with van der Waals surface area (Å²) in [5.74, 6) is -0.272. The Morgan fingerprint density at radius 3 is 2.56 bits per heavy atom. The Morgan fingerprint density at radius 1 is 1.00 bits per heavy atom. The third-order valence-electron chi connectivity index (χ3n) is 6.91. The molecule has 3 aromatic carbocycles. The van der Waals surface area contributed by atoms with Gasteiger partial charge in [0.1, 0.15) is 0 Å². The number of hydrogen-bond donors (Lipinski definition) is 0. The number of benzene rings is 3. The van der Waals surface area contributed by atoms with Gasteiger partial charge in [-0.05, 0) is 78.6 Å². The first-order valence-corrected chi connectivity index (χ1v) is 15.0. The second kappa shape index (κ2) is 10.2. The van der Waals surface area contributed by atoms with Crippen molar-refractivity contribution < 1.29 is 13.2 Å². The van der Waals surface area contributed by atoms with E-state index >= 15 is 0 Å². The summed E-state index contributed by atoms with van der Waals surface area (Å²) in [6, 6.07) is 25.4. The highest BCUT2D eigenvalue weighted by Gasteiger charge is 2.31. The zero-order valence-corrected chi connectivity index (χ0v) is 23.0. The van der Waals surface area contributed by atoms with Gasteiger partial charge in [0.2, 0.25) is 0 Å². The van der Waals surface area contributed by atoms with Crippen LogP contribution in [-0.4, -0.2) is 30.8 Å². The first-order valence-electron chi connectivity index (χ1n) is 12.8. The number of fused-ring (bicyclic) bond motifs is 2. The van der Waals surface area contributed by atoms with Gasteiger partial charge in [0.05, 0.1) is 33.0 Å². The second-order valence-electron chi connectivity index (χ2n) is 9.34. The fourth-order valence-electron chi connectivity index (χ4n) is 4.78. The van der Waals surface area contributed by atoms with Gasteiger partial charge in [0.15, 0.2) is 5.13 Å². The summed E-state index contributed by atoms with van der Waals surface area (Å²) in [5.41, 5.74) is 4.86. The summed E-state index contributed by atoms with van der Waals surface area (Å²) in [7, 11) is -3.75. The van der Waals surface area contributed by atoms with Crippen LogP contribution in [0.2, 0.25) is 0 Å².